The fraction of sp³-hybridized carbons (Fsp3) is 0.643. The van der Waals surface area contributed by atoms with Crippen LogP contribution in [0, 0.1) is 12.8 Å². The zero-order valence-corrected chi connectivity index (χ0v) is 21.5. The molecule has 2 aromatic heterocycles. The molecule has 0 unspecified atom stereocenters. The number of rotatable bonds is 9. The van der Waals surface area contributed by atoms with Crippen LogP contribution in [0.1, 0.15) is 73.3 Å². The third-order valence-electron chi connectivity index (χ3n) is 7.78. The molecule has 1 saturated carbocycles. The molecule has 37 heavy (non-hydrogen) atoms. The average molecular weight is 521 g/mol. The first kappa shape index (κ1) is 27.6. The standard InChI is InChI=1S/C28H36F4N4O/c1-20-33-18-22(19-34-20)17-25(37)16-21-4-9-27(29,10-5-21)12-15-36-13-7-23-2-3-24(6-11-28(30,31)32)35-26(23)8-14-36/h2-3,18-19,21H,4-17H2,1H3. The average Bonchev–Trinajstić information content (AvgIpc) is 3.06. The summed E-state index contributed by atoms with van der Waals surface area (Å²) in [6, 6.07) is 3.61. The zero-order chi connectivity index (χ0) is 26.5. The number of aromatic nitrogens is 3. The Morgan fingerprint density at radius 2 is 1.81 bits per heavy atom. The van der Waals surface area contributed by atoms with Gasteiger partial charge in [-0.15, -0.1) is 0 Å². The summed E-state index contributed by atoms with van der Waals surface area (Å²) >= 11 is 0. The Labute approximate surface area is 216 Å². The van der Waals surface area contributed by atoms with E-state index in [0.29, 0.717) is 56.6 Å². The minimum absolute atomic E-state index is 0.0994. The zero-order valence-electron chi connectivity index (χ0n) is 21.5. The van der Waals surface area contributed by atoms with E-state index in [9.17, 15) is 18.0 Å². The Hall–Kier alpha value is -2.42. The normalized spacial score (nSPS) is 22.9. The third-order valence-corrected chi connectivity index (χ3v) is 7.78. The molecule has 9 heteroatoms. The van der Waals surface area contributed by atoms with E-state index in [1.807, 2.05) is 6.07 Å². The molecule has 0 bridgehead atoms. The number of hydrogen-bond acceptors (Lipinski definition) is 5. The summed E-state index contributed by atoms with van der Waals surface area (Å²) in [5.41, 5.74) is 2.05. The minimum Gasteiger partial charge on any atom is -0.302 e. The summed E-state index contributed by atoms with van der Waals surface area (Å²) in [4.78, 5) is 27.5. The Morgan fingerprint density at radius 1 is 1.11 bits per heavy atom. The molecular formula is C28H36F4N4O. The second kappa shape index (κ2) is 12.0. The van der Waals surface area contributed by atoms with E-state index in [4.69, 9.17) is 0 Å². The monoisotopic (exact) mass is 520 g/mol. The predicted molar refractivity (Wildman–Crippen MR) is 133 cm³/mol. The fourth-order valence-corrected chi connectivity index (χ4v) is 5.45. The maximum atomic E-state index is 15.6. The van der Waals surface area contributed by atoms with Crippen molar-refractivity contribution in [1.82, 2.24) is 19.9 Å². The summed E-state index contributed by atoms with van der Waals surface area (Å²) in [6.45, 7) is 3.99. The molecule has 2 aromatic rings. The number of hydrogen-bond donors (Lipinski definition) is 0. The lowest BCUT2D eigenvalue weighted by Crippen LogP contribution is -2.36. The van der Waals surface area contributed by atoms with Gasteiger partial charge in [0.25, 0.3) is 0 Å². The van der Waals surface area contributed by atoms with Crippen molar-refractivity contribution < 1.29 is 22.4 Å². The molecule has 5 nitrogen and oxygen atoms in total. The van der Waals surface area contributed by atoms with Crippen molar-refractivity contribution in [2.24, 2.45) is 5.92 Å². The summed E-state index contributed by atoms with van der Waals surface area (Å²) in [5, 5.41) is 0. The number of carbonyl (C=O) groups is 1. The predicted octanol–water partition coefficient (Wildman–Crippen LogP) is 5.57. The van der Waals surface area contributed by atoms with Crippen LogP contribution in [0.5, 0.6) is 0 Å². The van der Waals surface area contributed by atoms with Crippen LogP contribution in [0.3, 0.4) is 0 Å². The van der Waals surface area contributed by atoms with E-state index in [1.54, 1.807) is 25.4 Å². The molecule has 0 atom stereocenters. The van der Waals surface area contributed by atoms with Crippen molar-refractivity contribution in [3.05, 3.63) is 52.9 Å². The molecule has 0 N–H and O–H groups in total. The molecule has 0 radical (unpaired) electrons. The van der Waals surface area contributed by atoms with Gasteiger partial charge in [-0.1, -0.05) is 6.07 Å². The number of fused-ring (bicyclic) bond motifs is 1. The van der Waals surface area contributed by atoms with Gasteiger partial charge < -0.3 is 4.90 Å². The van der Waals surface area contributed by atoms with Crippen molar-refractivity contribution in [2.75, 3.05) is 19.6 Å². The molecule has 1 aliphatic carbocycles. The first-order chi connectivity index (χ1) is 17.6. The molecule has 2 aliphatic rings. The summed E-state index contributed by atoms with van der Waals surface area (Å²) in [6.07, 6.45) is 3.38. The molecule has 3 heterocycles. The second-order valence-electron chi connectivity index (χ2n) is 10.8. The van der Waals surface area contributed by atoms with Crippen molar-refractivity contribution in [1.29, 1.82) is 0 Å². The van der Waals surface area contributed by atoms with E-state index >= 15 is 4.39 Å². The molecule has 1 fully saturated rings. The van der Waals surface area contributed by atoms with Crippen LogP contribution in [-0.2, 0) is 30.5 Å². The van der Waals surface area contributed by atoms with Crippen LogP contribution >= 0.6 is 0 Å². The van der Waals surface area contributed by atoms with Crippen LogP contribution < -0.4 is 0 Å². The summed E-state index contributed by atoms with van der Waals surface area (Å²) < 4.78 is 53.2. The SMILES string of the molecule is Cc1ncc(CC(=O)CC2CCC(F)(CCN3CCc4ccc(CCC(F)(F)F)nc4CC3)CC2)cn1. The lowest BCUT2D eigenvalue weighted by molar-refractivity contribution is -0.134. The maximum Gasteiger partial charge on any atom is 0.389 e. The topological polar surface area (TPSA) is 59.0 Å². The number of carbonyl (C=O) groups excluding carboxylic acids is 1. The third kappa shape index (κ3) is 8.55. The number of halogens is 4. The molecule has 1 aliphatic heterocycles. The summed E-state index contributed by atoms with van der Waals surface area (Å²) in [7, 11) is 0. The smallest absolute Gasteiger partial charge is 0.302 e. The van der Waals surface area contributed by atoms with Crippen LogP contribution in [0.4, 0.5) is 17.6 Å². The number of pyridine rings is 1. The van der Waals surface area contributed by atoms with Gasteiger partial charge in [0, 0.05) is 69.1 Å². The molecule has 202 valence electrons. The van der Waals surface area contributed by atoms with Crippen LogP contribution in [-0.4, -0.2) is 57.1 Å². The molecular weight excluding hydrogens is 484 g/mol. The Balaban J connectivity index is 1.19. The quantitative estimate of drug-likeness (QED) is 0.405. The van der Waals surface area contributed by atoms with Gasteiger partial charge in [0.1, 0.15) is 17.3 Å². The van der Waals surface area contributed by atoms with E-state index in [2.05, 4.69) is 19.9 Å². The molecule has 0 spiro atoms. The van der Waals surface area contributed by atoms with Gasteiger partial charge >= 0.3 is 6.18 Å². The lowest BCUT2D eigenvalue weighted by Gasteiger charge is -2.35. The van der Waals surface area contributed by atoms with E-state index in [1.165, 1.54) is 0 Å². The van der Waals surface area contributed by atoms with Crippen molar-refractivity contribution in [3.8, 4) is 0 Å². The van der Waals surface area contributed by atoms with Crippen molar-refractivity contribution >= 4 is 5.78 Å². The minimum atomic E-state index is -4.18. The highest BCUT2D eigenvalue weighted by atomic mass is 19.4. The van der Waals surface area contributed by atoms with Crippen molar-refractivity contribution in [2.45, 2.75) is 89.4 Å². The van der Waals surface area contributed by atoms with Gasteiger partial charge in [0.2, 0.25) is 0 Å². The number of alkyl halides is 4. The van der Waals surface area contributed by atoms with Gasteiger partial charge in [-0.3, -0.25) is 9.78 Å². The van der Waals surface area contributed by atoms with E-state index < -0.39 is 18.3 Å². The molecule has 0 amide bonds. The summed E-state index contributed by atoms with van der Waals surface area (Å²) in [5.74, 6) is 1.06. The van der Waals surface area contributed by atoms with E-state index in [-0.39, 0.29) is 18.1 Å². The number of ketones is 1. The Bertz CT molecular complexity index is 1050. The highest BCUT2D eigenvalue weighted by molar-refractivity contribution is 5.80. The Kier molecular flexibility index (Phi) is 8.93. The first-order valence-corrected chi connectivity index (χ1v) is 13.3. The van der Waals surface area contributed by atoms with Gasteiger partial charge in [-0.25, -0.2) is 14.4 Å². The highest BCUT2D eigenvalue weighted by Crippen LogP contribution is 2.39. The number of aryl methyl sites for hydroxylation is 2. The van der Waals surface area contributed by atoms with Gasteiger partial charge in [-0.2, -0.15) is 13.2 Å². The molecule has 4 rings (SSSR count). The lowest BCUT2D eigenvalue weighted by atomic mass is 9.76. The van der Waals surface area contributed by atoms with Gasteiger partial charge in [-0.05, 0) is 75.0 Å². The van der Waals surface area contributed by atoms with E-state index in [0.717, 1.165) is 49.2 Å². The maximum absolute atomic E-state index is 15.6. The van der Waals surface area contributed by atoms with Crippen LogP contribution in [0.25, 0.3) is 0 Å². The van der Waals surface area contributed by atoms with Crippen LogP contribution in [0.2, 0.25) is 0 Å². The molecule has 0 saturated heterocycles. The fourth-order valence-electron chi connectivity index (χ4n) is 5.45. The van der Waals surface area contributed by atoms with Gasteiger partial charge in [0.05, 0.1) is 0 Å². The highest BCUT2D eigenvalue weighted by Gasteiger charge is 2.36. The van der Waals surface area contributed by atoms with Crippen molar-refractivity contribution in [3.63, 3.8) is 0 Å². The molecule has 0 aromatic carbocycles. The number of nitrogens with zero attached hydrogens (tertiary/aromatic N) is 4. The number of Topliss-reactive ketones (excluding diaryl/α,β-unsaturated/α-hetero) is 1. The first-order valence-electron chi connectivity index (χ1n) is 13.3. The Morgan fingerprint density at radius 3 is 2.51 bits per heavy atom. The largest absolute Gasteiger partial charge is 0.389 e. The van der Waals surface area contributed by atoms with Gasteiger partial charge in [0.15, 0.2) is 0 Å². The van der Waals surface area contributed by atoms with Crippen LogP contribution in [0.15, 0.2) is 24.5 Å². The second-order valence-corrected chi connectivity index (χ2v) is 10.8.